The topological polar surface area (TPSA) is 93.2 Å². The van der Waals surface area contributed by atoms with Crippen molar-refractivity contribution in [3.8, 4) is 0 Å². The minimum atomic E-state index is -3.51. The van der Waals surface area contributed by atoms with Crippen molar-refractivity contribution in [1.82, 2.24) is 8.61 Å². The summed E-state index contributed by atoms with van der Waals surface area (Å²) in [4.78, 5) is 0. The monoisotopic (exact) mass is 330 g/mol. The van der Waals surface area contributed by atoms with Crippen LogP contribution in [0.15, 0.2) is 0 Å². The Kier molecular flexibility index (Phi) is 5.93. The van der Waals surface area contributed by atoms with Gasteiger partial charge in [0.1, 0.15) is 0 Å². The summed E-state index contributed by atoms with van der Waals surface area (Å²) in [5, 5.41) is 0. The number of hydrogen-bond donors (Lipinski definition) is 0. The van der Waals surface area contributed by atoms with Crippen molar-refractivity contribution in [3.63, 3.8) is 0 Å². The molecule has 1 saturated heterocycles. The molecule has 0 amide bonds. The van der Waals surface area contributed by atoms with E-state index in [1.165, 1.54) is 0 Å². The highest BCUT2D eigenvalue weighted by molar-refractivity contribution is 7.88. The Morgan fingerprint density at radius 1 is 0.850 bits per heavy atom. The Morgan fingerprint density at radius 3 is 1.35 bits per heavy atom. The molecule has 120 valence electrons. The minimum absolute atomic E-state index is 0.0418. The van der Waals surface area contributed by atoms with Gasteiger partial charge in [-0.2, -0.15) is 8.61 Å². The van der Waals surface area contributed by atoms with E-state index in [0.29, 0.717) is 0 Å². The van der Waals surface area contributed by atoms with Crippen molar-refractivity contribution >= 4 is 20.0 Å². The first-order valence-electron chi connectivity index (χ1n) is 6.29. The van der Waals surface area contributed by atoms with Crippen LogP contribution in [-0.4, -0.2) is 76.7 Å². The van der Waals surface area contributed by atoms with Crippen molar-refractivity contribution in [1.29, 1.82) is 0 Å². The summed E-state index contributed by atoms with van der Waals surface area (Å²) < 4.78 is 60.3. The van der Waals surface area contributed by atoms with E-state index in [-0.39, 0.29) is 26.3 Å². The molecule has 0 aliphatic carbocycles. The van der Waals surface area contributed by atoms with Gasteiger partial charge in [-0.15, -0.1) is 0 Å². The lowest BCUT2D eigenvalue weighted by Crippen LogP contribution is -2.63. The molecule has 0 aromatic heterocycles. The number of rotatable bonds is 6. The predicted molar refractivity (Wildman–Crippen MR) is 73.9 cm³/mol. The molecule has 10 heteroatoms. The summed E-state index contributed by atoms with van der Waals surface area (Å²) in [7, 11) is -7.02. The van der Waals surface area contributed by atoms with Gasteiger partial charge in [-0.25, -0.2) is 16.8 Å². The van der Waals surface area contributed by atoms with E-state index in [4.69, 9.17) is 9.47 Å². The zero-order chi connectivity index (χ0) is 15.6. The zero-order valence-electron chi connectivity index (χ0n) is 12.1. The van der Waals surface area contributed by atoms with Crippen LogP contribution in [0.3, 0.4) is 0 Å². The number of sulfonamides is 2. The number of nitrogens with zero attached hydrogens (tertiary/aromatic N) is 2. The fraction of sp³-hybridized carbons (Fsp3) is 1.00. The van der Waals surface area contributed by atoms with Crippen molar-refractivity contribution in [2.75, 3.05) is 38.8 Å². The Balaban J connectivity index is 3.18. The van der Waals surface area contributed by atoms with Gasteiger partial charge in [-0.05, 0) is 13.8 Å². The summed E-state index contributed by atoms with van der Waals surface area (Å²) in [5.74, 6) is 0. The SMILES string of the molecule is CCOC1C(OCC)N(S(C)(=O)=O)CCN1S(C)(=O)=O. The highest BCUT2D eigenvalue weighted by Crippen LogP contribution is 2.24. The van der Waals surface area contributed by atoms with Crippen molar-refractivity contribution in [3.05, 3.63) is 0 Å². The molecule has 1 heterocycles. The van der Waals surface area contributed by atoms with Crippen LogP contribution in [0.2, 0.25) is 0 Å². The summed E-state index contributed by atoms with van der Waals surface area (Å²) >= 11 is 0. The van der Waals surface area contributed by atoms with Gasteiger partial charge in [0.25, 0.3) is 0 Å². The lowest BCUT2D eigenvalue weighted by molar-refractivity contribution is -0.173. The molecule has 0 aromatic carbocycles. The third kappa shape index (κ3) is 4.12. The Labute approximate surface area is 120 Å². The van der Waals surface area contributed by atoms with Gasteiger partial charge < -0.3 is 9.47 Å². The third-order valence-corrected chi connectivity index (χ3v) is 5.36. The molecule has 1 fully saturated rings. The average molecular weight is 330 g/mol. The molecule has 0 bridgehead atoms. The maximum absolute atomic E-state index is 11.8. The Hall–Kier alpha value is -0.260. The molecule has 0 N–H and O–H groups in total. The molecule has 0 saturated carbocycles. The second kappa shape index (κ2) is 6.67. The molecule has 0 spiro atoms. The fourth-order valence-electron chi connectivity index (χ4n) is 2.12. The number of hydrogen-bond acceptors (Lipinski definition) is 6. The lowest BCUT2D eigenvalue weighted by atomic mass is 10.3. The molecule has 0 radical (unpaired) electrons. The first kappa shape index (κ1) is 17.8. The molecule has 1 aliphatic rings. The van der Waals surface area contributed by atoms with Crippen LogP contribution < -0.4 is 0 Å². The van der Waals surface area contributed by atoms with Crippen LogP contribution >= 0.6 is 0 Å². The van der Waals surface area contributed by atoms with Gasteiger partial charge in [-0.1, -0.05) is 0 Å². The zero-order valence-corrected chi connectivity index (χ0v) is 13.8. The summed E-state index contributed by atoms with van der Waals surface area (Å²) in [6, 6.07) is 0. The smallest absolute Gasteiger partial charge is 0.213 e. The van der Waals surface area contributed by atoms with Gasteiger partial charge in [0, 0.05) is 26.3 Å². The highest BCUT2D eigenvalue weighted by Gasteiger charge is 2.45. The molecule has 20 heavy (non-hydrogen) atoms. The quantitative estimate of drug-likeness (QED) is 0.636. The van der Waals surface area contributed by atoms with Crippen LogP contribution in [0.5, 0.6) is 0 Å². The van der Waals surface area contributed by atoms with E-state index in [0.717, 1.165) is 21.1 Å². The number of piperazine rings is 1. The van der Waals surface area contributed by atoms with Crippen LogP contribution in [0, 0.1) is 0 Å². The van der Waals surface area contributed by atoms with Crippen LogP contribution in [-0.2, 0) is 29.5 Å². The van der Waals surface area contributed by atoms with Crippen LogP contribution in [0.25, 0.3) is 0 Å². The molecule has 2 unspecified atom stereocenters. The predicted octanol–water partition coefficient (Wildman–Crippen LogP) is -0.752. The van der Waals surface area contributed by atoms with Crippen molar-refractivity contribution in [2.24, 2.45) is 0 Å². The maximum atomic E-state index is 11.8. The van der Waals surface area contributed by atoms with Gasteiger partial charge in [0.05, 0.1) is 12.5 Å². The highest BCUT2D eigenvalue weighted by atomic mass is 32.2. The largest absolute Gasteiger partial charge is 0.358 e. The third-order valence-electron chi connectivity index (χ3n) is 2.88. The molecular formula is C10H22N2O6S2. The molecule has 1 aliphatic heterocycles. The van der Waals surface area contributed by atoms with Gasteiger partial charge >= 0.3 is 0 Å². The summed E-state index contributed by atoms with van der Waals surface area (Å²) in [6.45, 7) is 4.00. The van der Waals surface area contributed by atoms with E-state index in [9.17, 15) is 16.8 Å². The van der Waals surface area contributed by atoms with Gasteiger partial charge in [-0.3, -0.25) is 0 Å². The first-order valence-corrected chi connectivity index (χ1v) is 9.99. The molecule has 1 rings (SSSR count). The van der Waals surface area contributed by atoms with E-state index >= 15 is 0 Å². The van der Waals surface area contributed by atoms with Crippen LogP contribution in [0.4, 0.5) is 0 Å². The van der Waals surface area contributed by atoms with Gasteiger partial charge in [0.15, 0.2) is 12.5 Å². The van der Waals surface area contributed by atoms with Crippen molar-refractivity contribution < 1.29 is 26.3 Å². The van der Waals surface area contributed by atoms with E-state index in [2.05, 4.69) is 0 Å². The maximum Gasteiger partial charge on any atom is 0.213 e. The molecule has 8 nitrogen and oxygen atoms in total. The average Bonchev–Trinajstić information content (AvgIpc) is 2.28. The normalized spacial score (nSPS) is 26.8. The lowest BCUT2D eigenvalue weighted by Gasteiger charge is -2.43. The number of ether oxygens (including phenoxy) is 2. The minimum Gasteiger partial charge on any atom is -0.358 e. The molecule has 2 atom stereocenters. The first-order chi connectivity index (χ1) is 9.12. The Bertz CT molecular complexity index is 470. The molecule has 0 aromatic rings. The Morgan fingerprint density at radius 2 is 1.15 bits per heavy atom. The molecular weight excluding hydrogens is 308 g/mol. The fourth-order valence-corrected chi connectivity index (χ4v) is 4.03. The standard InChI is InChI=1S/C10H22N2O6S2/c1-5-17-9-10(18-6-2)12(20(4,15)16)8-7-11(9)19(3,13)14/h9-10H,5-8H2,1-4H3. The second-order valence-electron chi connectivity index (χ2n) is 4.44. The van der Waals surface area contributed by atoms with Crippen LogP contribution in [0.1, 0.15) is 13.8 Å². The summed E-state index contributed by atoms with van der Waals surface area (Å²) in [5.41, 5.74) is 0. The summed E-state index contributed by atoms with van der Waals surface area (Å²) in [6.07, 6.45) is 0.188. The second-order valence-corrected chi connectivity index (χ2v) is 8.31. The van der Waals surface area contributed by atoms with Crippen molar-refractivity contribution in [2.45, 2.75) is 26.3 Å². The van der Waals surface area contributed by atoms with E-state index < -0.39 is 32.5 Å². The van der Waals surface area contributed by atoms with Gasteiger partial charge in [0.2, 0.25) is 20.0 Å². The van der Waals surface area contributed by atoms with E-state index in [1.54, 1.807) is 13.8 Å². The van der Waals surface area contributed by atoms with E-state index in [1.807, 2.05) is 0 Å².